The molecule has 6 heteroatoms. The molecule has 1 saturated heterocycles. The summed E-state index contributed by atoms with van der Waals surface area (Å²) < 4.78 is 1.27. The van der Waals surface area contributed by atoms with E-state index in [1.807, 2.05) is 4.90 Å². The number of amides is 1. The van der Waals surface area contributed by atoms with Gasteiger partial charge in [0, 0.05) is 31.1 Å². The number of aryl methyl sites for hydroxylation is 3. The molecule has 1 fully saturated rings. The molecule has 0 aliphatic carbocycles. The van der Waals surface area contributed by atoms with Gasteiger partial charge in [-0.05, 0) is 50.1 Å². The Morgan fingerprint density at radius 1 is 1.04 bits per heavy atom. The molecule has 146 valence electrons. The molecule has 2 aromatic carbocycles. The van der Waals surface area contributed by atoms with Crippen LogP contribution in [0.3, 0.4) is 0 Å². The molecule has 0 spiro atoms. The maximum atomic E-state index is 12.6. The van der Waals surface area contributed by atoms with Crippen LogP contribution in [0.4, 0.5) is 5.13 Å². The minimum atomic E-state index is 0.223. The third-order valence-corrected chi connectivity index (χ3v) is 7.36. The zero-order chi connectivity index (χ0) is 19.7. The van der Waals surface area contributed by atoms with Crippen LogP contribution >= 0.6 is 23.1 Å². The molecule has 0 N–H and O–H groups in total. The molecular formula is C22H25N3OS2. The number of thioether (sulfide) groups is 1. The summed E-state index contributed by atoms with van der Waals surface area (Å²) in [7, 11) is 0. The molecule has 4 rings (SSSR count). The van der Waals surface area contributed by atoms with E-state index in [9.17, 15) is 4.79 Å². The number of carbonyl (C=O) groups excluding carboxylic acids is 1. The first-order chi connectivity index (χ1) is 13.5. The van der Waals surface area contributed by atoms with Crippen LogP contribution < -0.4 is 4.90 Å². The van der Waals surface area contributed by atoms with Crippen molar-refractivity contribution in [1.29, 1.82) is 0 Å². The molecule has 1 aliphatic rings. The Kier molecular flexibility index (Phi) is 5.60. The Bertz CT molecular complexity index is 989. The van der Waals surface area contributed by atoms with Crippen molar-refractivity contribution in [1.82, 2.24) is 9.88 Å². The van der Waals surface area contributed by atoms with Crippen molar-refractivity contribution in [2.75, 3.05) is 36.8 Å². The normalized spacial score (nSPS) is 14.7. The van der Waals surface area contributed by atoms with E-state index in [-0.39, 0.29) is 5.91 Å². The molecule has 0 unspecified atom stereocenters. The van der Waals surface area contributed by atoms with Gasteiger partial charge in [-0.1, -0.05) is 35.1 Å². The molecule has 1 amide bonds. The molecule has 28 heavy (non-hydrogen) atoms. The molecule has 0 radical (unpaired) electrons. The van der Waals surface area contributed by atoms with Crippen molar-refractivity contribution in [2.24, 2.45) is 0 Å². The number of fused-ring (bicyclic) bond motifs is 1. The number of piperazine rings is 1. The number of aromatic nitrogens is 1. The number of hydrogen-bond donors (Lipinski definition) is 0. The predicted molar refractivity (Wildman–Crippen MR) is 120 cm³/mol. The largest absolute Gasteiger partial charge is 0.345 e. The number of hydrogen-bond acceptors (Lipinski definition) is 5. The third kappa shape index (κ3) is 4.18. The monoisotopic (exact) mass is 411 g/mol. The molecule has 4 nitrogen and oxygen atoms in total. The fourth-order valence-corrected chi connectivity index (χ4v) is 5.39. The smallest absolute Gasteiger partial charge is 0.233 e. The second-order valence-corrected chi connectivity index (χ2v) is 9.42. The summed E-state index contributed by atoms with van der Waals surface area (Å²) >= 11 is 3.38. The molecule has 1 aromatic heterocycles. The van der Waals surface area contributed by atoms with Crippen molar-refractivity contribution in [3.05, 3.63) is 53.1 Å². The van der Waals surface area contributed by atoms with E-state index in [0.717, 1.165) is 41.7 Å². The summed E-state index contributed by atoms with van der Waals surface area (Å²) in [4.78, 5) is 22.9. The third-order valence-electron chi connectivity index (χ3n) is 5.09. The SMILES string of the molecule is Cc1ccc(SCC(=O)N2CCN(c3nc4cc(C)cc(C)c4s3)CC2)cc1. The topological polar surface area (TPSA) is 36.4 Å². The summed E-state index contributed by atoms with van der Waals surface area (Å²) in [5, 5.41) is 1.07. The Balaban J connectivity index is 1.34. The number of anilines is 1. The van der Waals surface area contributed by atoms with Crippen molar-refractivity contribution in [3.63, 3.8) is 0 Å². The number of nitrogens with zero attached hydrogens (tertiary/aromatic N) is 3. The van der Waals surface area contributed by atoms with Crippen LogP contribution in [-0.4, -0.2) is 47.7 Å². The molecule has 0 saturated carbocycles. The lowest BCUT2D eigenvalue weighted by molar-refractivity contribution is -0.128. The summed E-state index contributed by atoms with van der Waals surface area (Å²) in [6.45, 7) is 9.57. The molecule has 1 aliphatic heterocycles. The fraction of sp³-hybridized carbons (Fsp3) is 0.364. The van der Waals surface area contributed by atoms with Gasteiger partial charge in [0.15, 0.2) is 5.13 Å². The zero-order valence-corrected chi connectivity index (χ0v) is 18.2. The standard InChI is InChI=1S/C22H25N3OS2/c1-15-4-6-18(7-5-15)27-14-20(26)24-8-10-25(11-9-24)22-23-19-13-16(2)12-17(3)21(19)28-22/h4-7,12-13H,8-11,14H2,1-3H3. The Hall–Kier alpha value is -2.05. The second-order valence-electron chi connectivity index (χ2n) is 7.40. The van der Waals surface area contributed by atoms with E-state index in [2.05, 4.69) is 62.1 Å². The van der Waals surface area contributed by atoms with Gasteiger partial charge in [0.05, 0.1) is 16.0 Å². The van der Waals surface area contributed by atoms with Gasteiger partial charge in [-0.3, -0.25) is 4.79 Å². The number of rotatable bonds is 4. The minimum absolute atomic E-state index is 0.223. The van der Waals surface area contributed by atoms with Crippen LogP contribution in [0.5, 0.6) is 0 Å². The quantitative estimate of drug-likeness (QED) is 0.585. The summed E-state index contributed by atoms with van der Waals surface area (Å²) in [6, 6.07) is 12.7. The lowest BCUT2D eigenvalue weighted by atomic mass is 10.1. The molecule has 0 atom stereocenters. The first-order valence-corrected chi connectivity index (χ1v) is 11.4. The van der Waals surface area contributed by atoms with Crippen LogP contribution in [0.25, 0.3) is 10.2 Å². The fourth-order valence-electron chi connectivity index (χ4n) is 3.52. The highest BCUT2D eigenvalue weighted by Crippen LogP contribution is 2.32. The van der Waals surface area contributed by atoms with E-state index >= 15 is 0 Å². The van der Waals surface area contributed by atoms with E-state index in [1.165, 1.54) is 21.4 Å². The van der Waals surface area contributed by atoms with Gasteiger partial charge in [0.2, 0.25) is 5.91 Å². The number of thiazole rings is 1. The number of benzene rings is 2. The Morgan fingerprint density at radius 2 is 1.75 bits per heavy atom. The van der Waals surface area contributed by atoms with E-state index in [0.29, 0.717) is 5.75 Å². The highest BCUT2D eigenvalue weighted by molar-refractivity contribution is 8.00. The van der Waals surface area contributed by atoms with Crippen molar-refractivity contribution in [3.8, 4) is 0 Å². The van der Waals surface area contributed by atoms with Crippen LogP contribution in [0.15, 0.2) is 41.3 Å². The molecule has 0 bridgehead atoms. The van der Waals surface area contributed by atoms with Crippen molar-refractivity contribution >= 4 is 44.4 Å². The van der Waals surface area contributed by atoms with E-state index < -0.39 is 0 Å². The lowest BCUT2D eigenvalue weighted by Gasteiger charge is -2.34. The first-order valence-electron chi connectivity index (χ1n) is 9.59. The van der Waals surface area contributed by atoms with Crippen LogP contribution in [-0.2, 0) is 4.79 Å². The van der Waals surface area contributed by atoms with Gasteiger partial charge in [0.25, 0.3) is 0 Å². The maximum absolute atomic E-state index is 12.6. The van der Waals surface area contributed by atoms with Crippen LogP contribution in [0, 0.1) is 20.8 Å². The van der Waals surface area contributed by atoms with Gasteiger partial charge in [-0.2, -0.15) is 0 Å². The molecule has 3 aromatic rings. The van der Waals surface area contributed by atoms with E-state index in [1.54, 1.807) is 23.1 Å². The van der Waals surface area contributed by atoms with E-state index in [4.69, 9.17) is 4.98 Å². The van der Waals surface area contributed by atoms with Crippen LogP contribution in [0.2, 0.25) is 0 Å². The maximum Gasteiger partial charge on any atom is 0.233 e. The van der Waals surface area contributed by atoms with Crippen LogP contribution in [0.1, 0.15) is 16.7 Å². The van der Waals surface area contributed by atoms with Gasteiger partial charge in [-0.25, -0.2) is 4.98 Å². The highest BCUT2D eigenvalue weighted by Gasteiger charge is 2.23. The Labute approximate surface area is 174 Å². The number of carbonyl (C=O) groups is 1. The Morgan fingerprint density at radius 3 is 2.46 bits per heavy atom. The highest BCUT2D eigenvalue weighted by atomic mass is 32.2. The summed E-state index contributed by atoms with van der Waals surface area (Å²) in [5.74, 6) is 0.726. The molecule has 2 heterocycles. The minimum Gasteiger partial charge on any atom is -0.345 e. The average molecular weight is 412 g/mol. The van der Waals surface area contributed by atoms with Gasteiger partial charge in [0.1, 0.15) is 0 Å². The lowest BCUT2D eigenvalue weighted by Crippen LogP contribution is -2.49. The summed E-state index contributed by atoms with van der Waals surface area (Å²) in [5.41, 5.74) is 4.88. The first kappa shape index (κ1) is 19.3. The average Bonchev–Trinajstić information content (AvgIpc) is 3.12. The summed E-state index contributed by atoms with van der Waals surface area (Å²) in [6.07, 6.45) is 0. The predicted octanol–water partition coefficient (Wildman–Crippen LogP) is 4.66. The zero-order valence-electron chi connectivity index (χ0n) is 16.6. The van der Waals surface area contributed by atoms with Gasteiger partial charge in [-0.15, -0.1) is 11.8 Å². The second kappa shape index (κ2) is 8.13. The molecular weight excluding hydrogens is 386 g/mol. The van der Waals surface area contributed by atoms with Crippen molar-refractivity contribution in [2.45, 2.75) is 25.7 Å². The van der Waals surface area contributed by atoms with Gasteiger partial charge >= 0.3 is 0 Å². The van der Waals surface area contributed by atoms with Gasteiger partial charge < -0.3 is 9.80 Å². The van der Waals surface area contributed by atoms with Crippen molar-refractivity contribution < 1.29 is 4.79 Å².